The minimum Gasteiger partial charge on any atom is -0.379 e. The average Bonchev–Trinajstić information content (AvgIpc) is 3.33. The molecule has 0 N–H and O–H groups in total. The predicted octanol–water partition coefficient (Wildman–Crippen LogP) is 1.89. The molecule has 2 fully saturated rings. The van der Waals surface area contributed by atoms with Crippen LogP contribution < -0.4 is 0 Å². The van der Waals surface area contributed by atoms with E-state index in [0.29, 0.717) is 11.9 Å². The summed E-state index contributed by atoms with van der Waals surface area (Å²) in [7, 11) is 0. The number of carbonyl (C=O) groups is 1. The molecule has 0 bridgehead atoms. The largest absolute Gasteiger partial charge is 0.379 e. The zero-order valence-corrected chi connectivity index (χ0v) is 14.7. The van der Waals surface area contributed by atoms with E-state index in [0.717, 1.165) is 58.5 Å². The molecule has 0 unspecified atom stereocenters. The van der Waals surface area contributed by atoms with Gasteiger partial charge in [-0.05, 0) is 37.3 Å². The summed E-state index contributed by atoms with van der Waals surface area (Å²) in [5.74, 6) is 0.495. The first kappa shape index (κ1) is 16.7. The lowest BCUT2D eigenvalue weighted by molar-refractivity contribution is -0.136. The fraction of sp³-hybridized carbons (Fsp3) is 0.600. The number of amides is 1. The maximum absolute atomic E-state index is 13.1. The third kappa shape index (κ3) is 3.62. The zero-order chi connectivity index (χ0) is 17.1. The summed E-state index contributed by atoms with van der Waals surface area (Å²) in [5, 5.41) is 0. The molecule has 5 heteroatoms. The van der Waals surface area contributed by atoms with Crippen molar-refractivity contribution in [2.24, 2.45) is 5.92 Å². The van der Waals surface area contributed by atoms with Crippen LogP contribution in [-0.4, -0.2) is 65.6 Å². The van der Waals surface area contributed by atoms with Gasteiger partial charge in [-0.2, -0.15) is 0 Å². The van der Waals surface area contributed by atoms with Gasteiger partial charge >= 0.3 is 0 Å². The summed E-state index contributed by atoms with van der Waals surface area (Å²) in [4.78, 5) is 22.1. The maximum Gasteiger partial charge on any atom is 0.226 e. The highest BCUT2D eigenvalue weighted by Gasteiger charge is 2.42. The molecule has 1 amide bonds. The van der Waals surface area contributed by atoms with E-state index in [1.165, 1.54) is 5.56 Å². The van der Waals surface area contributed by atoms with Crippen LogP contribution in [0.2, 0.25) is 0 Å². The molecule has 1 aliphatic carbocycles. The summed E-state index contributed by atoms with van der Waals surface area (Å²) in [6.07, 6.45) is 11.8. The summed E-state index contributed by atoms with van der Waals surface area (Å²) in [5.41, 5.74) is 1.22. The number of ether oxygens (including phenoxy) is 1. The van der Waals surface area contributed by atoms with Gasteiger partial charge in [0.2, 0.25) is 5.91 Å². The number of pyridine rings is 1. The van der Waals surface area contributed by atoms with Crippen molar-refractivity contribution in [2.45, 2.75) is 37.8 Å². The Morgan fingerprint density at radius 3 is 2.72 bits per heavy atom. The van der Waals surface area contributed by atoms with Gasteiger partial charge in [-0.25, -0.2) is 0 Å². The highest BCUT2D eigenvalue weighted by Crippen LogP contribution is 2.30. The molecule has 25 heavy (non-hydrogen) atoms. The Hall–Kier alpha value is -1.72. The fourth-order valence-corrected chi connectivity index (χ4v) is 4.51. The van der Waals surface area contributed by atoms with Crippen LogP contribution in [0.1, 0.15) is 24.8 Å². The molecule has 4 rings (SSSR count). The molecule has 134 valence electrons. The Labute approximate surface area is 149 Å². The summed E-state index contributed by atoms with van der Waals surface area (Å²) < 4.78 is 5.53. The van der Waals surface area contributed by atoms with E-state index in [4.69, 9.17) is 4.74 Å². The van der Waals surface area contributed by atoms with Crippen LogP contribution >= 0.6 is 0 Å². The van der Waals surface area contributed by atoms with E-state index in [-0.39, 0.29) is 12.0 Å². The van der Waals surface area contributed by atoms with E-state index in [1.54, 1.807) is 0 Å². The van der Waals surface area contributed by atoms with Crippen LogP contribution in [-0.2, 0) is 16.0 Å². The normalized spacial score (nSPS) is 27.9. The number of hydrogen-bond donors (Lipinski definition) is 0. The fourth-order valence-electron chi connectivity index (χ4n) is 4.51. The van der Waals surface area contributed by atoms with Crippen LogP contribution in [0.4, 0.5) is 0 Å². The first-order chi connectivity index (χ1) is 12.3. The third-order valence-corrected chi connectivity index (χ3v) is 5.83. The van der Waals surface area contributed by atoms with E-state index in [2.05, 4.69) is 33.0 Å². The molecule has 0 spiro atoms. The zero-order valence-electron chi connectivity index (χ0n) is 14.7. The number of carbonyl (C=O) groups excluding carboxylic acids is 1. The van der Waals surface area contributed by atoms with Crippen LogP contribution in [0.5, 0.6) is 0 Å². The predicted molar refractivity (Wildman–Crippen MR) is 96.1 cm³/mol. The van der Waals surface area contributed by atoms with Gasteiger partial charge in [0.1, 0.15) is 0 Å². The standard InChI is InChI=1S/C20H27N3O2/c24-20(17-5-1-2-6-17)23-9-7-18(22-10-12-25-13-11-22)19(23)14-16-4-3-8-21-15-16/h1-4,8,15,17-19H,5-7,9-14H2/t18-,19+/m0/s1. The van der Waals surface area contributed by atoms with Crippen molar-refractivity contribution in [1.82, 2.24) is 14.8 Å². The molecule has 3 aliphatic rings. The summed E-state index contributed by atoms with van der Waals surface area (Å²) in [6, 6.07) is 4.79. The lowest BCUT2D eigenvalue weighted by atomic mass is 9.98. The highest BCUT2D eigenvalue weighted by atomic mass is 16.5. The topological polar surface area (TPSA) is 45.7 Å². The summed E-state index contributed by atoms with van der Waals surface area (Å²) in [6.45, 7) is 4.43. The van der Waals surface area contributed by atoms with E-state index in [9.17, 15) is 4.79 Å². The van der Waals surface area contributed by atoms with Crippen LogP contribution in [0.15, 0.2) is 36.7 Å². The lowest BCUT2D eigenvalue weighted by Crippen LogP contribution is -2.52. The first-order valence-electron chi connectivity index (χ1n) is 9.49. The Kier molecular flexibility index (Phi) is 5.13. The van der Waals surface area contributed by atoms with Crippen molar-refractivity contribution in [2.75, 3.05) is 32.8 Å². The number of aromatic nitrogens is 1. The van der Waals surface area contributed by atoms with Gasteiger partial charge in [0.15, 0.2) is 0 Å². The number of likely N-dealkylation sites (tertiary alicyclic amines) is 1. The van der Waals surface area contributed by atoms with Crippen LogP contribution in [0.3, 0.4) is 0 Å². The third-order valence-electron chi connectivity index (χ3n) is 5.83. The molecule has 1 aromatic rings. The molecule has 1 aromatic heterocycles. The van der Waals surface area contributed by atoms with Gasteiger partial charge in [-0.3, -0.25) is 14.7 Å². The number of morpholine rings is 1. The Morgan fingerprint density at radius 1 is 1.20 bits per heavy atom. The molecular formula is C20H27N3O2. The second-order valence-corrected chi connectivity index (χ2v) is 7.31. The smallest absolute Gasteiger partial charge is 0.226 e. The number of rotatable bonds is 4. The van der Waals surface area contributed by atoms with Crippen molar-refractivity contribution >= 4 is 5.91 Å². The molecule has 3 heterocycles. The highest BCUT2D eigenvalue weighted by molar-refractivity contribution is 5.80. The van der Waals surface area contributed by atoms with Gasteiger partial charge in [0.25, 0.3) is 0 Å². The molecule has 0 saturated carbocycles. The number of nitrogens with zero attached hydrogens (tertiary/aromatic N) is 3. The van der Waals surface area contributed by atoms with Gasteiger partial charge < -0.3 is 9.64 Å². The molecule has 2 saturated heterocycles. The SMILES string of the molecule is O=C(C1CC=CC1)N1CC[C@H](N2CCOCC2)[C@H]1Cc1cccnc1. The second-order valence-electron chi connectivity index (χ2n) is 7.31. The number of allylic oxidation sites excluding steroid dienone is 2. The molecule has 5 nitrogen and oxygen atoms in total. The van der Waals surface area contributed by atoms with Crippen molar-refractivity contribution in [1.29, 1.82) is 0 Å². The molecule has 2 atom stereocenters. The minimum absolute atomic E-state index is 0.153. The molecule has 0 aromatic carbocycles. The molecular weight excluding hydrogens is 314 g/mol. The Bertz CT molecular complexity index is 605. The Balaban J connectivity index is 1.53. The monoisotopic (exact) mass is 341 g/mol. The van der Waals surface area contributed by atoms with Crippen molar-refractivity contribution in [3.63, 3.8) is 0 Å². The average molecular weight is 341 g/mol. The van der Waals surface area contributed by atoms with Gasteiger partial charge in [0.05, 0.1) is 19.3 Å². The minimum atomic E-state index is 0.153. The molecule has 0 radical (unpaired) electrons. The van der Waals surface area contributed by atoms with Gasteiger partial charge in [0, 0.05) is 44.0 Å². The van der Waals surface area contributed by atoms with Crippen molar-refractivity contribution < 1.29 is 9.53 Å². The van der Waals surface area contributed by atoms with Crippen LogP contribution in [0.25, 0.3) is 0 Å². The maximum atomic E-state index is 13.1. The van der Waals surface area contributed by atoms with Crippen LogP contribution in [0, 0.1) is 5.92 Å². The van der Waals surface area contributed by atoms with Gasteiger partial charge in [-0.1, -0.05) is 18.2 Å². The first-order valence-corrected chi connectivity index (χ1v) is 9.49. The second kappa shape index (κ2) is 7.67. The quantitative estimate of drug-likeness (QED) is 0.785. The molecule has 2 aliphatic heterocycles. The number of hydrogen-bond acceptors (Lipinski definition) is 4. The van der Waals surface area contributed by atoms with E-state index < -0.39 is 0 Å². The summed E-state index contributed by atoms with van der Waals surface area (Å²) >= 11 is 0. The van der Waals surface area contributed by atoms with E-state index in [1.807, 2.05) is 18.5 Å². The Morgan fingerprint density at radius 2 is 2.00 bits per heavy atom. The van der Waals surface area contributed by atoms with Crippen molar-refractivity contribution in [3.05, 3.63) is 42.2 Å². The lowest BCUT2D eigenvalue weighted by Gasteiger charge is -2.38. The van der Waals surface area contributed by atoms with Crippen molar-refractivity contribution in [3.8, 4) is 0 Å². The van der Waals surface area contributed by atoms with E-state index >= 15 is 0 Å². The van der Waals surface area contributed by atoms with Gasteiger partial charge in [-0.15, -0.1) is 0 Å².